The first kappa shape index (κ1) is 15.3. The van der Waals surface area contributed by atoms with Gasteiger partial charge in [-0.25, -0.2) is 17.7 Å². The molecule has 2 aromatic rings. The van der Waals surface area contributed by atoms with Crippen molar-refractivity contribution >= 4 is 36.7 Å². The van der Waals surface area contributed by atoms with E-state index in [1.54, 1.807) is 35.1 Å². The predicted octanol–water partition coefficient (Wildman–Crippen LogP) is 2.08. The number of sulfonamides is 1. The summed E-state index contributed by atoms with van der Waals surface area (Å²) >= 11 is 1.68. The maximum atomic E-state index is 12.4. The van der Waals surface area contributed by atoms with E-state index in [4.69, 9.17) is 0 Å². The molecule has 1 saturated carbocycles. The van der Waals surface area contributed by atoms with Crippen LogP contribution in [0.25, 0.3) is 10.2 Å². The minimum absolute atomic E-state index is 0.118. The van der Waals surface area contributed by atoms with E-state index in [2.05, 4.69) is 14.9 Å². The lowest BCUT2D eigenvalue weighted by atomic mass is 10.1. The van der Waals surface area contributed by atoms with Crippen LogP contribution in [0.4, 0.5) is 5.13 Å². The van der Waals surface area contributed by atoms with Crippen molar-refractivity contribution in [2.24, 2.45) is 0 Å². The predicted molar refractivity (Wildman–Crippen MR) is 92.4 cm³/mol. The second kappa shape index (κ2) is 5.68. The zero-order valence-corrected chi connectivity index (χ0v) is 14.7. The van der Waals surface area contributed by atoms with Gasteiger partial charge in [-0.1, -0.05) is 11.3 Å². The molecule has 4 rings (SSSR count). The summed E-state index contributed by atoms with van der Waals surface area (Å²) in [6.07, 6.45) is 6.94. The van der Waals surface area contributed by atoms with Gasteiger partial charge in [0, 0.05) is 32.4 Å². The zero-order valence-electron chi connectivity index (χ0n) is 13.1. The van der Waals surface area contributed by atoms with Crippen LogP contribution in [0.5, 0.6) is 0 Å². The molecule has 124 valence electrons. The number of rotatable bonds is 4. The summed E-state index contributed by atoms with van der Waals surface area (Å²) in [4.78, 5) is 11.0. The van der Waals surface area contributed by atoms with Crippen LogP contribution in [0.1, 0.15) is 25.7 Å². The first-order valence-electron chi connectivity index (χ1n) is 7.98. The van der Waals surface area contributed by atoms with Crippen molar-refractivity contribution in [3.05, 3.63) is 18.5 Å². The summed E-state index contributed by atoms with van der Waals surface area (Å²) in [7, 11) is -1.33. The highest BCUT2D eigenvalue weighted by Gasteiger charge is 2.41. The third-order valence-corrected chi connectivity index (χ3v) is 8.29. The van der Waals surface area contributed by atoms with Gasteiger partial charge in [-0.15, -0.1) is 0 Å². The van der Waals surface area contributed by atoms with Crippen LogP contribution in [-0.4, -0.2) is 54.1 Å². The Morgan fingerprint density at radius 1 is 1.26 bits per heavy atom. The number of thiazole rings is 1. The second-order valence-corrected chi connectivity index (χ2v) is 9.60. The van der Waals surface area contributed by atoms with Gasteiger partial charge in [-0.05, 0) is 31.7 Å². The van der Waals surface area contributed by atoms with E-state index in [0.29, 0.717) is 0 Å². The standard InChI is InChI=1S/C15H20N4O2S2/c1-18(23(20,21)12-2-3-12)11-5-8-19(9-6-11)15-17-13-10-16-7-4-14(13)22-15/h4,7,10-12H,2-3,5-6,8-9H2,1H3. The summed E-state index contributed by atoms with van der Waals surface area (Å²) in [5, 5.41) is 0.890. The Labute approximate surface area is 140 Å². The molecule has 2 aromatic heterocycles. The number of piperidine rings is 1. The monoisotopic (exact) mass is 352 g/mol. The van der Waals surface area contributed by atoms with Gasteiger partial charge in [0.15, 0.2) is 5.13 Å². The molecule has 1 aliphatic carbocycles. The highest BCUT2D eigenvalue weighted by molar-refractivity contribution is 7.90. The van der Waals surface area contributed by atoms with Crippen LogP contribution in [0.3, 0.4) is 0 Å². The molecule has 0 amide bonds. The molecule has 3 heterocycles. The minimum atomic E-state index is -3.07. The molecule has 0 unspecified atom stereocenters. The van der Waals surface area contributed by atoms with Crippen molar-refractivity contribution in [3.63, 3.8) is 0 Å². The Morgan fingerprint density at radius 3 is 2.65 bits per heavy atom. The number of hydrogen-bond donors (Lipinski definition) is 0. The van der Waals surface area contributed by atoms with E-state index >= 15 is 0 Å². The van der Waals surface area contributed by atoms with Gasteiger partial charge in [0.2, 0.25) is 10.0 Å². The molecule has 0 atom stereocenters. The summed E-state index contributed by atoms with van der Waals surface area (Å²) in [5.41, 5.74) is 0.933. The van der Waals surface area contributed by atoms with E-state index in [9.17, 15) is 8.42 Å². The first-order valence-corrected chi connectivity index (χ1v) is 10.3. The van der Waals surface area contributed by atoms with E-state index < -0.39 is 10.0 Å². The van der Waals surface area contributed by atoms with Gasteiger partial charge in [0.25, 0.3) is 0 Å². The van der Waals surface area contributed by atoms with Crippen LogP contribution < -0.4 is 4.90 Å². The summed E-state index contributed by atoms with van der Waals surface area (Å²) < 4.78 is 27.5. The third-order valence-electron chi connectivity index (χ3n) is 4.77. The van der Waals surface area contributed by atoms with Crippen molar-refractivity contribution in [2.45, 2.75) is 37.0 Å². The van der Waals surface area contributed by atoms with Crippen LogP contribution in [-0.2, 0) is 10.0 Å². The van der Waals surface area contributed by atoms with E-state index in [0.717, 1.165) is 54.1 Å². The van der Waals surface area contributed by atoms with Crippen LogP contribution in [0.2, 0.25) is 0 Å². The number of hydrogen-bond acceptors (Lipinski definition) is 6. The number of nitrogens with zero attached hydrogens (tertiary/aromatic N) is 4. The minimum Gasteiger partial charge on any atom is -0.348 e. The summed E-state index contributed by atoms with van der Waals surface area (Å²) in [6, 6.07) is 2.10. The maximum absolute atomic E-state index is 12.4. The highest BCUT2D eigenvalue weighted by Crippen LogP contribution is 2.34. The lowest BCUT2D eigenvalue weighted by Gasteiger charge is -2.36. The Morgan fingerprint density at radius 2 is 2.00 bits per heavy atom. The Bertz CT molecular complexity index is 775. The van der Waals surface area contributed by atoms with E-state index in [-0.39, 0.29) is 11.3 Å². The van der Waals surface area contributed by atoms with Gasteiger partial charge >= 0.3 is 0 Å². The van der Waals surface area contributed by atoms with Gasteiger partial charge in [0.05, 0.1) is 16.1 Å². The summed E-state index contributed by atoms with van der Waals surface area (Å²) in [6.45, 7) is 1.70. The molecular formula is C15H20N4O2S2. The molecule has 0 N–H and O–H groups in total. The topological polar surface area (TPSA) is 66.4 Å². The third kappa shape index (κ3) is 2.83. The molecule has 8 heteroatoms. The quantitative estimate of drug-likeness (QED) is 0.843. The molecule has 6 nitrogen and oxygen atoms in total. The molecule has 2 fully saturated rings. The van der Waals surface area contributed by atoms with Crippen LogP contribution in [0, 0.1) is 0 Å². The highest BCUT2D eigenvalue weighted by atomic mass is 32.2. The van der Waals surface area contributed by atoms with Crippen molar-refractivity contribution in [1.29, 1.82) is 0 Å². The smallest absolute Gasteiger partial charge is 0.216 e. The number of fused-ring (bicyclic) bond motifs is 1. The van der Waals surface area contributed by atoms with Gasteiger partial charge < -0.3 is 4.90 Å². The molecule has 0 bridgehead atoms. The second-order valence-electron chi connectivity index (χ2n) is 6.32. The molecule has 1 saturated heterocycles. The number of pyridine rings is 1. The normalized spacial score (nSPS) is 20.5. The van der Waals surface area contributed by atoms with Crippen molar-refractivity contribution < 1.29 is 8.42 Å². The van der Waals surface area contributed by atoms with E-state index in [1.807, 2.05) is 6.07 Å². The average Bonchev–Trinajstić information content (AvgIpc) is 3.34. The molecular weight excluding hydrogens is 332 g/mol. The van der Waals surface area contributed by atoms with E-state index in [1.165, 1.54) is 0 Å². The first-order chi connectivity index (χ1) is 11.1. The number of aromatic nitrogens is 2. The SMILES string of the molecule is CN(C1CCN(c2nc3cnccc3s2)CC1)S(=O)(=O)C1CC1. The average molecular weight is 352 g/mol. The fourth-order valence-corrected chi connectivity index (χ4v) is 5.95. The summed E-state index contributed by atoms with van der Waals surface area (Å²) in [5.74, 6) is 0. The van der Waals surface area contributed by atoms with Crippen molar-refractivity contribution in [3.8, 4) is 0 Å². The fraction of sp³-hybridized carbons (Fsp3) is 0.600. The van der Waals surface area contributed by atoms with Crippen molar-refractivity contribution in [2.75, 3.05) is 25.0 Å². The Hall–Kier alpha value is -1.25. The number of anilines is 1. The molecule has 1 aliphatic heterocycles. The maximum Gasteiger partial charge on any atom is 0.216 e. The Balaban J connectivity index is 1.44. The molecule has 0 radical (unpaired) electrons. The zero-order chi connectivity index (χ0) is 16.0. The fourth-order valence-electron chi connectivity index (χ4n) is 3.13. The molecule has 0 spiro atoms. The molecule has 2 aliphatic rings. The van der Waals surface area contributed by atoms with Crippen molar-refractivity contribution in [1.82, 2.24) is 14.3 Å². The lowest BCUT2D eigenvalue weighted by Crippen LogP contribution is -2.46. The molecule has 0 aromatic carbocycles. The molecule has 23 heavy (non-hydrogen) atoms. The van der Waals surface area contributed by atoms with Gasteiger partial charge in [-0.3, -0.25) is 4.98 Å². The Kier molecular flexibility index (Phi) is 3.78. The van der Waals surface area contributed by atoms with Crippen LogP contribution >= 0.6 is 11.3 Å². The lowest BCUT2D eigenvalue weighted by molar-refractivity contribution is 0.311. The van der Waals surface area contributed by atoms with Crippen LogP contribution in [0.15, 0.2) is 18.5 Å². The van der Waals surface area contributed by atoms with Gasteiger partial charge in [-0.2, -0.15) is 0 Å². The largest absolute Gasteiger partial charge is 0.348 e. The van der Waals surface area contributed by atoms with Gasteiger partial charge in [0.1, 0.15) is 5.52 Å².